The number of rotatable bonds is 1. The fourth-order valence-corrected chi connectivity index (χ4v) is 0.534. The van der Waals surface area contributed by atoms with Gasteiger partial charge in [-0.1, -0.05) is 31.0 Å². The van der Waals surface area contributed by atoms with Gasteiger partial charge in [-0.3, -0.25) is 0 Å². The SMILES string of the molecule is C#Cc1ccccc1.CCC=O. The van der Waals surface area contributed by atoms with E-state index in [2.05, 4.69) is 5.92 Å². The van der Waals surface area contributed by atoms with Crippen LogP contribution in [0.25, 0.3) is 0 Å². The summed E-state index contributed by atoms with van der Waals surface area (Å²) in [5.41, 5.74) is 0.938. The van der Waals surface area contributed by atoms with Crippen molar-refractivity contribution in [2.45, 2.75) is 13.3 Å². The normalized spacial score (nSPS) is 7.33. The van der Waals surface area contributed by atoms with Crippen LogP contribution in [-0.2, 0) is 4.79 Å². The minimum Gasteiger partial charge on any atom is -0.303 e. The molecule has 0 saturated heterocycles. The number of hydrogen-bond donors (Lipinski definition) is 0. The lowest BCUT2D eigenvalue weighted by atomic mass is 10.2. The Hall–Kier alpha value is -1.55. The van der Waals surface area contributed by atoms with Gasteiger partial charge in [-0.25, -0.2) is 0 Å². The van der Waals surface area contributed by atoms with Crippen molar-refractivity contribution in [3.63, 3.8) is 0 Å². The van der Waals surface area contributed by atoms with Gasteiger partial charge in [-0.05, 0) is 12.1 Å². The molecule has 0 aromatic heterocycles. The van der Waals surface area contributed by atoms with Crippen molar-refractivity contribution in [1.82, 2.24) is 0 Å². The van der Waals surface area contributed by atoms with Crippen molar-refractivity contribution in [1.29, 1.82) is 0 Å². The van der Waals surface area contributed by atoms with Gasteiger partial charge in [0.05, 0.1) is 0 Å². The van der Waals surface area contributed by atoms with Gasteiger partial charge in [0.2, 0.25) is 0 Å². The molecular formula is C11H12O. The Labute approximate surface area is 73.4 Å². The molecule has 1 aromatic carbocycles. The van der Waals surface area contributed by atoms with Crippen LogP contribution >= 0.6 is 0 Å². The van der Waals surface area contributed by atoms with E-state index in [4.69, 9.17) is 6.42 Å². The van der Waals surface area contributed by atoms with Crippen LogP contribution in [-0.4, -0.2) is 6.29 Å². The fraction of sp³-hybridized carbons (Fsp3) is 0.182. The first-order chi connectivity index (χ1) is 5.85. The van der Waals surface area contributed by atoms with Gasteiger partial charge in [-0.2, -0.15) is 0 Å². The predicted octanol–water partition coefficient (Wildman–Crippen LogP) is 2.26. The Morgan fingerprint density at radius 1 is 1.42 bits per heavy atom. The molecule has 0 bridgehead atoms. The number of carbonyl (C=O) groups is 1. The zero-order valence-corrected chi connectivity index (χ0v) is 7.16. The molecule has 0 radical (unpaired) electrons. The van der Waals surface area contributed by atoms with Crippen LogP contribution in [0.4, 0.5) is 0 Å². The average molecular weight is 160 g/mol. The third-order valence-corrected chi connectivity index (χ3v) is 1.11. The van der Waals surface area contributed by atoms with E-state index in [1.165, 1.54) is 0 Å². The van der Waals surface area contributed by atoms with E-state index >= 15 is 0 Å². The standard InChI is InChI=1S/C8H6.C3H6O/c1-2-8-6-4-3-5-7-8;1-2-3-4/h1,3-7H;3H,2H2,1H3. The van der Waals surface area contributed by atoms with Crippen molar-refractivity contribution in [2.75, 3.05) is 0 Å². The Morgan fingerprint density at radius 2 is 1.92 bits per heavy atom. The minimum absolute atomic E-state index is 0.639. The predicted molar refractivity (Wildman–Crippen MR) is 50.7 cm³/mol. The van der Waals surface area contributed by atoms with E-state index in [1.54, 1.807) is 0 Å². The van der Waals surface area contributed by atoms with E-state index in [0.717, 1.165) is 11.8 Å². The highest BCUT2D eigenvalue weighted by atomic mass is 16.1. The van der Waals surface area contributed by atoms with E-state index in [0.29, 0.717) is 6.42 Å². The highest BCUT2D eigenvalue weighted by molar-refractivity contribution is 5.48. The highest BCUT2D eigenvalue weighted by Crippen LogP contribution is 1.92. The second-order valence-electron chi connectivity index (χ2n) is 2.09. The molecule has 0 fully saturated rings. The summed E-state index contributed by atoms with van der Waals surface area (Å²) in [6.45, 7) is 1.81. The minimum atomic E-state index is 0.639. The molecule has 62 valence electrons. The van der Waals surface area contributed by atoms with Crippen molar-refractivity contribution < 1.29 is 4.79 Å². The Morgan fingerprint density at radius 3 is 2.17 bits per heavy atom. The van der Waals surface area contributed by atoms with Gasteiger partial charge in [0.1, 0.15) is 6.29 Å². The van der Waals surface area contributed by atoms with Gasteiger partial charge < -0.3 is 4.79 Å². The lowest BCUT2D eigenvalue weighted by Crippen LogP contribution is -1.66. The third kappa shape index (κ3) is 5.25. The second-order valence-corrected chi connectivity index (χ2v) is 2.09. The molecule has 0 aliphatic rings. The first kappa shape index (κ1) is 10.4. The molecule has 0 unspecified atom stereocenters. The van der Waals surface area contributed by atoms with Crippen LogP contribution in [0.2, 0.25) is 0 Å². The maximum atomic E-state index is 9.17. The van der Waals surface area contributed by atoms with Crippen molar-refractivity contribution >= 4 is 6.29 Å². The first-order valence-corrected chi connectivity index (χ1v) is 3.80. The second kappa shape index (κ2) is 7.56. The monoisotopic (exact) mass is 160 g/mol. The van der Waals surface area contributed by atoms with E-state index in [-0.39, 0.29) is 0 Å². The Kier molecular flexibility index (Phi) is 6.58. The van der Waals surface area contributed by atoms with Gasteiger partial charge in [-0.15, -0.1) is 6.42 Å². The summed E-state index contributed by atoms with van der Waals surface area (Å²) in [6.07, 6.45) is 6.61. The highest BCUT2D eigenvalue weighted by Gasteiger charge is 1.76. The number of hydrogen-bond acceptors (Lipinski definition) is 1. The molecule has 0 aliphatic carbocycles. The van der Waals surface area contributed by atoms with Crippen LogP contribution in [0.5, 0.6) is 0 Å². The fourth-order valence-electron chi connectivity index (χ4n) is 0.534. The summed E-state index contributed by atoms with van der Waals surface area (Å²) in [4.78, 5) is 9.17. The van der Waals surface area contributed by atoms with E-state index < -0.39 is 0 Å². The summed E-state index contributed by atoms with van der Waals surface area (Å²) in [5.74, 6) is 2.53. The van der Waals surface area contributed by atoms with Crippen LogP contribution in [0.15, 0.2) is 30.3 Å². The molecular weight excluding hydrogens is 148 g/mol. The van der Waals surface area contributed by atoms with Gasteiger partial charge in [0.15, 0.2) is 0 Å². The molecule has 0 N–H and O–H groups in total. The maximum absolute atomic E-state index is 9.17. The molecule has 0 amide bonds. The largest absolute Gasteiger partial charge is 0.303 e. The molecule has 0 heterocycles. The summed E-state index contributed by atoms with van der Waals surface area (Å²) < 4.78 is 0. The number of carbonyl (C=O) groups excluding carboxylic acids is 1. The van der Waals surface area contributed by atoms with Gasteiger partial charge >= 0.3 is 0 Å². The number of benzene rings is 1. The van der Waals surface area contributed by atoms with Gasteiger partial charge in [0.25, 0.3) is 0 Å². The van der Waals surface area contributed by atoms with Crippen LogP contribution in [0.1, 0.15) is 18.9 Å². The molecule has 1 aromatic rings. The summed E-state index contributed by atoms with van der Waals surface area (Å²) in [7, 11) is 0. The summed E-state index contributed by atoms with van der Waals surface area (Å²) in [5, 5.41) is 0. The van der Waals surface area contributed by atoms with Gasteiger partial charge in [0, 0.05) is 12.0 Å². The lowest BCUT2D eigenvalue weighted by Gasteiger charge is -1.82. The van der Waals surface area contributed by atoms with E-state index in [1.807, 2.05) is 37.3 Å². The van der Waals surface area contributed by atoms with Crippen LogP contribution in [0, 0.1) is 12.3 Å². The summed E-state index contributed by atoms with van der Waals surface area (Å²) in [6, 6.07) is 9.60. The van der Waals surface area contributed by atoms with E-state index in [9.17, 15) is 4.79 Å². The molecule has 1 rings (SSSR count). The summed E-state index contributed by atoms with van der Waals surface area (Å²) >= 11 is 0. The zero-order chi connectivity index (χ0) is 9.23. The van der Waals surface area contributed by atoms with Crippen molar-refractivity contribution in [3.8, 4) is 12.3 Å². The van der Waals surface area contributed by atoms with Crippen molar-refractivity contribution in [2.24, 2.45) is 0 Å². The molecule has 1 nitrogen and oxygen atoms in total. The molecule has 0 spiro atoms. The molecule has 0 atom stereocenters. The molecule has 12 heavy (non-hydrogen) atoms. The first-order valence-electron chi connectivity index (χ1n) is 3.80. The van der Waals surface area contributed by atoms with Crippen LogP contribution < -0.4 is 0 Å². The molecule has 1 heteroatoms. The topological polar surface area (TPSA) is 17.1 Å². The van der Waals surface area contributed by atoms with Crippen LogP contribution in [0.3, 0.4) is 0 Å². The smallest absolute Gasteiger partial charge is 0.119 e. The Balaban J connectivity index is 0.000000261. The zero-order valence-electron chi connectivity index (χ0n) is 7.16. The lowest BCUT2D eigenvalue weighted by molar-refractivity contribution is -0.107. The van der Waals surface area contributed by atoms with Crippen molar-refractivity contribution in [3.05, 3.63) is 35.9 Å². The molecule has 0 aliphatic heterocycles. The number of terminal acetylenes is 1. The average Bonchev–Trinajstić information content (AvgIpc) is 2.19. The third-order valence-electron chi connectivity index (χ3n) is 1.11. The number of aldehydes is 1. The molecule has 0 saturated carbocycles. The maximum Gasteiger partial charge on any atom is 0.119 e. The Bertz CT molecular complexity index is 243. The quantitative estimate of drug-likeness (QED) is 0.455.